The fourth-order valence-corrected chi connectivity index (χ4v) is 10.1. The van der Waals surface area contributed by atoms with Gasteiger partial charge < -0.3 is 10.0 Å². The predicted octanol–water partition coefficient (Wildman–Crippen LogP) is 15.1. The molecule has 2 heterocycles. The smallest absolute Gasteiger partial charge is 0.326 e. The lowest BCUT2D eigenvalue weighted by atomic mass is 9.79. The lowest BCUT2D eigenvalue weighted by Crippen LogP contribution is -2.41. The van der Waals surface area contributed by atoms with Crippen molar-refractivity contribution in [1.82, 2.24) is 0 Å². The first kappa shape index (κ1) is 43.9. The highest BCUT2D eigenvalue weighted by atomic mass is 16.4. The largest absolute Gasteiger partial charge is 0.480 e. The van der Waals surface area contributed by atoms with E-state index in [4.69, 9.17) is 0 Å². The van der Waals surface area contributed by atoms with E-state index in [9.17, 15) is 9.90 Å². The summed E-state index contributed by atoms with van der Waals surface area (Å²) in [7, 11) is 2.17. The molecule has 0 bridgehead atoms. The van der Waals surface area contributed by atoms with Gasteiger partial charge in [0.25, 0.3) is 0 Å². The van der Waals surface area contributed by atoms with Gasteiger partial charge in [-0.25, -0.2) is 4.79 Å². The number of carbonyl (C=O) groups is 1. The average Bonchev–Trinajstić information content (AvgIpc) is 3.57. The minimum atomic E-state index is -0.750. The van der Waals surface area contributed by atoms with Gasteiger partial charge in [-0.3, -0.25) is 0 Å². The van der Waals surface area contributed by atoms with Crippen LogP contribution in [0.2, 0.25) is 0 Å². The highest BCUT2D eigenvalue weighted by Crippen LogP contribution is 2.52. The van der Waals surface area contributed by atoms with Crippen LogP contribution in [0.25, 0.3) is 21.5 Å². The van der Waals surface area contributed by atoms with E-state index in [1.54, 1.807) is 0 Å². The summed E-state index contributed by atoms with van der Waals surface area (Å²) >= 11 is 0. The molecule has 0 fully saturated rings. The third-order valence-corrected chi connectivity index (χ3v) is 13.2. The van der Waals surface area contributed by atoms with E-state index in [1.807, 2.05) is 0 Å². The average molecular weight is 792 g/mol. The van der Waals surface area contributed by atoms with Gasteiger partial charge in [0.1, 0.15) is 13.1 Å². The molecule has 0 aliphatic carbocycles. The van der Waals surface area contributed by atoms with Gasteiger partial charge in [0.05, 0.1) is 5.41 Å². The molecule has 0 radical (unpaired) electrons. The van der Waals surface area contributed by atoms with Gasteiger partial charge in [-0.1, -0.05) is 202 Å². The maximum absolute atomic E-state index is 13.1. The molecule has 4 aromatic rings. The number of anilines is 1. The maximum Gasteiger partial charge on any atom is 0.326 e. The SMILES string of the molecule is CCCCCCCCCCCCCCCCCC(C(=O)O)N1/C(=C/C=C/C=C/C=C/C2=[N+](C)c3ccc4ccccc4c3C2(C)C)C(C)(C)c2c1ccc1ccccc21. The number of hydrogen-bond donors (Lipinski definition) is 1. The Morgan fingerprint density at radius 2 is 1.14 bits per heavy atom. The number of nitrogens with zero attached hydrogens (tertiary/aromatic N) is 2. The van der Waals surface area contributed by atoms with Gasteiger partial charge in [-0.2, -0.15) is 4.58 Å². The van der Waals surface area contributed by atoms with Gasteiger partial charge >= 0.3 is 5.97 Å². The van der Waals surface area contributed by atoms with Crippen molar-refractivity contribution in [2.45, 2.75) is 154 Å². The minimum Gasteiger partial charge on any atom is -0.480 e. The van der Waals surface area contributed by atoms with Gasteiger partial charge in [0.2, 0.25) is 5.69 Å². The van der Waals surface area contributed by atoms with Crippen LogP contribution in [0.4, 0.5) is 11.4 Å². The Hall–Kier alpha value is -4.70. The Morgan fingerprint density at radius 1 is 0.627 bits per heavy atom. The Morgan fingerprint density at radius 3 is 1.73 bits per heavy atom. The van der Waals surface area contributed by atoms with Crippen molar-refractivity contribution in [2.75, 3.05) is 11.9 Å². The second-order valence-corrected chi connectivity index (χ2v) is 18.2. The third-order valence-electron chi connectivity index (χ3n) is 13.2. The summed E-state index contributed by atoms with van der Waals surface area (Å²) < 4.78 is 2.32. The zero-order valence-electron chi connectivity index (χ0n) is 37.1. The van der Waals surface area contributed by atoms with Crippen molar-refractivity contribution >= 4 is 44.6 Å². The minimum absolute atomic E-state index is 0.126. The summed E-state index contributed by atoms with van der Waals surface area (Å²) in [5, 5.41) is 15.8. The van der Waals surface area contributed by atoms with Crippen LogP contribution in [-0.2, 0) is 15.6 Å². The van der Waals surface area contributed by atoms with E-state index < -0.39 is 12.0 Å². The molecule has 2 aliphatic rings. The number of unbranched alkanes of at least 4 members (excludes halogenated alkanes) is 14. The first-order chi connectivity index (χ1) is 28.6. The zero-order valence-corrected chi connectivity index (χ0v) is 37.1. The molecule has 0 spiro atoms. The molecule has 4 nitrogen and oxygen atoms in total. The molecule has 4 aromatic carbocycles. The molecule has 0 aromatic heterocycles. The van der Waals surface area contributed by atoms with Crippen LogP contribution >= 0.6 is 0 Å². The molecule has 0 amide bonds. The lowest BCUT2D eigenvalue weighted by Gasteiger charge is -2.32. The first-order valence-corrected chi connectivity index (χ1v) is 23.0. The van der Waals surface area contributed by atoms with Crippen molar-refractivity contribution in [3.63, 3.8) is 0 Å². The lowest BCUT2D eigenvalue weighted by molar-refractivity contribution is -0.401. The summed E-state index contributed by atoms with van der Waals surface area (Å²) in [6, 6.07) is 25.3. The molecule has 6 rings (SSSR count). The molecule has 0 saturated carbocycles. The second-order valence-electron chi connectivity index (χ2n) is 18.2. The van der Waals surface area contributed by atoms with E-state index >= 15 is 0 Å². The Bertz CT molecular complexity index is 2210. The first-order valence-electron chi connectivity index (χ1n) is 23.0. The highest BCUT2D eigenvalue weighted by molar-refractivity contribution is 6.07. The molecule has 59 heavy (non-hydrogen) atoms. The summed E-state index contributed by atoms with van der Waals surface area (Å²) in [4.78, 5) is 15.3. The van der Waals surface area contributed by atoms with E-state index in [-0.39, 0.29) is 10.8 Å². The van der Waals surface area contributed by atoms with E-state index in [0.717, 1.165) is 24.2 Å². The quantitative estimate of drug-likeness (QED) is 0.0490. The monoisotopic (exact) mass is 792 g/mol. The molecule has 1 atom stereocenters. The van der Waals surface area contributed by atoms with Crippen molar-refractivity contribution < 1.29 is 14.5 Å². The van der Waals surface area contributed by atoms with Crippen LogP contribution in [-0.4, -0.2) is 34.5 Å². The molecule has 1 unspecified atom stereocenters. The molecule has 1 N–H and O–H groups in total. The van der Waals surface area contributed by atoms with Crippen LogP contribution in [0.15, 0.2) is 121 Å². The number of allylic oxidation sites excluding steroid dienone is 8. The normalized spacial score (nSPS) is 17.1. The zero-order chi connectivity index (χ0) is 41.8. The Labute approximate surface area is 356 Å². The standard InChI is InChI=1S/C55H70N2O2/c1-7-8-9-10-11-12-13-14-15-16-17-18-19-21-24-35-48(53(58)59)57-47-41-39-43-32-28-30-34-45(43)52(47)55(4,5)50(57)37-26-23-20-22-25-36-49-54(2,3)51-44-33-29-27-31-42(44)38-40-46(51)56(49)6/h20,22-23,25-34,36-41,48H,7-19,21,24,35H2,1-6H3/p+1. The Balaban J connectivity index is 1.10. The molecular weight excluding hydrogens is 721 g/mol. The van der Waals surface area contributed by atoms with E-state index in [1.165, 1.54) is 128 Å². The number of aliphatic carboxylic acids is 1. The van der Waals surface area contributed by atoms with Crippen LogP contribution in [0.5, 0.6) is 0 Å². The van der Waals surface area contributed by atoms with Gasteiger partial charge in [-0.05, 0) is 65.6 Å². The van der Waals surface area contributed by atoms with E-state index in [0.29, 0.717) is 6.42 Å². The summed E-state index contributed by atoms with van der Waals surface area (Å²) in [6.07, 6.45) is 34.9. The van der Waals surface area contributed by atoms with Crippen LogP contribution in [0.3, 0.4) is 0 Å². The fraction of sp³-hybridized carbons (Fsp3) is 0.455. The number of carboxylic acids is 1. The van der Waals surface area contributed by atoms with Crippen molar-refractivity contribution in [2.24, 2.45) is 0 Å². The van der Waals surface area contributed by atoms with Gasteiger partial charge in [-0.15, -0.1) is 0 Å². The van der Waals surface area contributed by atoms with Gasteiger partial charge in [0, 0.05) is 34.5 Å². The van der Waals surface area contributed by atoms with Crippen LogP contribution in [0, 0.1) is 0 Å². The number of fused-ring (bicyclic) bond motifs is 6. The fourth-order valence-electron chi connectivity index (χ4n) is 10.1. The van der Waals surface area contributed by atoms with Crippen molar-refractivity contribution in [1.29, 1.82) is 0 Å². The number of benzene rings is 4. The summed E-state index contributed by atoms with van der Waals surface area (Å²) in [5.74, 6) is -0.750. The molecular formula is C55H71N2O2+. The predicted molar refractivity (Wildman–Crippen MR) is 254 cm³/mol. The van der Waals surface area contributed by atoms with Crippen LogP contribution in [0.1, 0.15) is 148 Å². The Kier molecular flexibility index (Phi) is 15.3. The number of rotatable bonds is 22. The molecule has 0 saturated heterocycles. The third kappa shape index (κ3) is 10.0. The van der Waals surface area contributed by atoms with Crippen LogP contribution < -0.4 is 4.90 Å². The molecule has 312 valence electrons. The topological polar surface area (TPSA) is 43.5 Å². The van der Waals surface area contributed by atoms with E-state index in [2.05, 4.69) is 166 Å². The second kappa shape index (κ2) is 20.5. The number of carboxylic acid groups (broad SMARTS) is 1. The van der Waals surface area contributed by atoms with Crippen molar-refractivity contribution in [3.05, 3.63) is 132 Å². The molecule has 2 aliphatic heterocycles. The number of hydrogen-bond acceptors (Lipinski definition) is 2. The van der Waals surface area contributed by atoms with Crippen molar-refractivity contribution in [3.8, 4) is 0 Å². The van der Waals surface area contributed by atoms with Gasteiger partial charge in [0.15, 0.2) is 5.71 Å². The maximum atomic E-state index is 13.1. The molecule has 4 heteroatoms. The summed E-state index contributed by atoms with van der Waals surface area (Å²) in [5.41, 5.74) is 6.68. The summed E-state index contributed by atoms with van der Waals surface area (Å²) in [6.45, 7) is 11.4. The highest BCUT2D eigenvalue weighted by Gasteiger charge is 2.46.